The van der Waals surface area contributed by atoms with Crippen LogP contribution in [0.25, 0.3) is 12.0 Å². The molecule has 1 aromatic carbocycles. The van der Waals surface area contributed by atoms with Gasteiger partial charge >= 0.3 is 0 Å². The molecule has 0 saturated carbocycles. The lowest BCUT2D eigenvalue weighted by Gasteiger charge is -2.05. The molecule has 26 heavy (non-hydrogen) atoms. The molecule has 3 rings (SSSR count). The van der Waals surface area contributed by atoms with E-state index in [1.165, 1.54) is 6.08 Å². The van der Waals surface area contributed by atoms with Crippen molar-refractivity contribution in [1.29, 1.82) is 0 Å². The van der Waals surface area contributed by atoms with Crippen LogP contribution < -0.4 is 5.32 Å². The van der Waals surface area contributed by atoms with E-state index in [1.807, 2.05) is 32.9 Å². The molecule has 0 unspecified atom stereocenters. The molecular formula is C19H18ClN5O. The minimum Gasteiger partial charge on any atom is -0.320 e. The van der Waals surface area contributed by atoms with E-state index in [2.05, 4.69) is 20.4 Å². The Kier molecular flexibility index (Phi) is 5.14. The third-order valence-electron chi connectivity index (χ3n) is 4.05. The summed E-state index contributed by atoms with van der Waals surface area (Å²) >= 11 is 5.83. The molecule has 2 aromatic heterocycles. The first kappa shape index (κ1) is 17.8. The fourth-order valence-electron chi connectivity index (χ4n) is 2.34. The number of anilines is 1. The van der Waals surface area contributed by atoms with Gasteiger partial charge in [-0.25, -0.2) is 14.6 Å². The number of rotatable bonds is 4. The van der Waals surface area contributed by atoms with Gasteiger partial charge in [0.1, 0.15) is 0 Å². The summed E-state index contributed by atoms with van der Waals surface area (Å²) in [6, 6.07) is 7.21. The normalized spacial score (nSPS) is 11.1. The van der Waals surface area contributed by atoms with Crippen LogP contribution in [0.15, 0.2) is 42.7 Å². The molecule has 7 heteroatoms. The van der Waals surface area contributed by atoms with Gasteiger partial charge in [-0.1, -0.05) is 23.7 Å². The van der Waals surface area contributed by atoms with Gasteiger partial charge in [0.2, 0.25) is 5.91 Å². The molecule has 132 valence electrons. The topological polar surface area (TPSA) is 72.7 Å². The van der Waals surface area contributed by atoms with Crippen LogP contribution in [0.1, 0.15) is 22.5 Å². The average molecular weight is 368 g/mol. The fraction of sp³-hybridized carbons (Fsp3) is 0.158. The second kappa shape index (κ2) is 7.49. The maximum Gasteiger partial charge on any atom is 0.250 e. The van der Waals surface area contributed by atoms with Gasteiger partial charge in [0, 0.05) is 16.8 Å². The number of carbonyl (C=O) groups is 1. The summed E-state index contributed by atoms with van der Waals surface area (Å²) in [5, 5.41) is 7.80. The molecule has 0 saturated heterocycles. The van der Waals surface area contributed by atoms with E-state index in [9.17, 15) is 4.79 Å². The number of amides is 1. The van der Waals surface area contributed by atoms with Crippen molar-refractivity contribution in [3.8, 4) is 5.95 Å². The Morgan fingerprint density at radius 1 is 1.12 bits per heavy atom. The van der Waals surface area contributed by atoms with Crippen molar-refractivity contribution in [3.05, 3.63) is 70.3 Å². The summed E-state index contributed by atoms with van der Waals surface area (Å²) in [4.78, 5) is 20.6. The Hall–Kier alpha value is -2.99. The van der Waals surface area contributed by atoms with Crippen LogP contribution in [0, 0.1) is 20.8 Å². The van der Waals surface area contributed by atoms with E-state index in [4.69, 9.17) is 11.6 Å². The second-order valence-corrected chi connectivity index (χ2v) is 6.29. The molecule has 1 amide bonds. The zero-order valence-corrected chi connectivity index (χ0v) is 15.4. The lowest BCUT2D eigenvalue weighted by atomic mass is 10.2. The van der Waals surface area contributed by atoms with Gasteiger partial charge in [-0.2, -0.15) is 5.10 Å². The number of hydrogen-bond acceptors (Lipinski definition) is 4. The van der Waals surface area contributed by atoms with Crippen molar-refractivity contribution >= 4 is 29.3 Å². The van der Waals surface area contributed by atoms with Crippen molar-refractivity contribution < 1.29 is 4.79 Å². The van der Waals surface area contributed by atoms with Gasteiger partial charge in [0.25, 0.3) is 5.95 Å². The highest BCUT2D eigenvalue weighted by atomic mass is 35.5. The zero-order valence-electron chi connectivity index (χ0n) is 14.7. The van der Waals surface area contributed by atoms with Gasteiger partial charge < -0.3 is 5.32 Å². The molecule has 0 fully saturated rings. The number of hydrogen-bond donors (Lipinski definition) is 1. The van der Waals surface area contributed by atoms with Crippen molar-refractivity contribution in [1.82, 2.24) is 19.7 Å². The van der Waals surface area contributed by atoms with Gasteiger partial charge in [0.15, 0.2) is 0 Å². The van der Waals surface area contributed by atoms with Gasteiger partial charge in [0.05, 0.1) is 23.8 Å². The molecule has 6 nitrogen and oxygen atoms in total. The van der Waals surface area contributed by atoms with E-state index in [0.29, 0.717) is 16.7 Å². The monoisotopic (exact) mass is 367 g/mol. The van der Waals surface area contributed by atoms with Crippen LogP contribution in [0.2, 0.25) is 5.02 Å². The lowest BCUT2D eigenvalue weighted by Crippen LogP contribution is -2.10. The first-order valence-corrected chi connectivity index (χ1v) is 8.41. The Bertz CT molecular complexity index is 959. The van der Waals surface area contributed by atoms with E-state index in [0.717, 1.165) is 22.5 Å². The Balaban J connectivity index is 1.68. The number of halogens is 1. The minimum atomic E-state index is -0.266. The molecule has 0 bridgehead atoms. The maximum absolute atomic E-state index is 12.0. The van der Waals surface area contributed by atoms with Crippen LogP contribution in [0.4, 0.5) is 5.69 Å². The minimum absolute atomic E-state index is 0.266. The molecular weight excluding hydrogens is 350 g/mol. The number of nitrogens with zero attached hydrogens (tertiary/aromatic N) is 4. The standard InChI is InChI=1S/C19H18ClN5O/c1-12-13(2)24-25(14(12)3)19-21-10-17(11-22-19)23-18(26)9-6-15-4-7-16(20)8-5-15/h4-11H,1-3H3,(H,23,26)/b9-6+. The van der Waals surface area contributed by atoms with E-state index < -0.39 is 0 Å². The molecule has 0 aliphatic carbocycles. The summed E-state index contributed by atoms with van der Waals surface area (Å²) in [7, 11) is 0. The van der Waals surface area contributed by atoms with Crippen molar-refractivity contribution in [2.75, 3.05) is 5.32 Å². The smallest absolute Gasteiger partial charge is 0.250 e. The second-order valence-electron chi connectivity index (χ2n) is 5.85. The van der Waals surface area contributed by atoms with Crippen LogP contribution in [-0.2, 0) is 4.79 Å². The first-order valence-electron chi connectivity index (χ1n) is 8.04. The quantitative estimate of drug-likeness (QED) is 0.710. The van der Waals surface area contributed by atoms with E-state index in [-0.39, 0.29) is 5.91 Å². The molecule has 2 heterocycles. The number of benzene rings is 1. The molecule has 0 spiro atoms. The third kappa shape index (κ3) is 3.97. The Morgan fingerprint density at radius 2 is 1.77 bits per heavy atom. The average Bonchev–Trinajstić information content (AvgIpc) is 2.89. The Morgan fingerprint density at radius 3 is 2.35 bits per heavy atom. The summed E-state index contributed by atoms with van der Waals surface area (Å²) in [6.07, 6.45) is 6.27. The highest BCUT2D eigenvalue weighted by Gasteiger charge is 2.11. The maximum atomic E-state index is 12.0. The molecule has 0 radical (unpaired) electrons. The molecule has 1 N–H and O–H groups in total. The summed E-state index contributed by atoms with van der Waals surface area (Å²) < 4.78 is 1.69. The lowest BCUT2D eigenvalue weighted by molar-refractivity contribution is -0.111. The molecule has 0 atom stereocenters. The zero-order chi connectivity index (χ0) is 18.7. The van der Waals surface area contributed by atoms with Crippen molar-refractivity contribution in [3.63, 3.8) is 0 Å². The summed E-state index contributed by atoms with van der Waals surface area (Å²) in [5.74, 6) is 0.201. The van der Waals surface area contributed by atoms with Crippen LogP contribution >= 0.6 is 11.6 Å². The van der Waals surface area contributed by atoms with Crippen molar-refractivity contribution in [2.45, 2.75) is 20.8 Å². The van der Waals surface area contributed by atoms with Crippen LogP contribution in [0.3, 0.4) is 0 Å². The summed E-state index contributed by atoms with van der Waals surface area (Å²) in [6.45, 7) is 5.92. The van der Waals surface area contributed by atoms with E-state index >= 15 is 0 Å². The number of aromatic nitrogens is 4. The van der Waals surface area contributed by atoms with Crippen LogP contribution in [-0.4, -0.2) is 25.7 Å². The van der Waals surface area contributed by atoms with Crippen LogP contribution in [0.5, 0.6) is 0 Å². The largest absolute Gasteiger partial charge is 0.320 e. The SMILES string of the molecule is Cc1nn(-c2ncc(NC(=O)/C=C/c3ccc(Cl)cc3)cn2)c(C)c1C. The fourth-order valence-corrected chi connectivity index (χ4v) is 2.47. The number of nitrogens with one attached hydrogen (secondary N) is 1. The highest BCUT2D eigenvalue weighted by Crippen LogP contribution is 2.15. The summed E-state index contributed by atoms with van der Waals surface area (Å²) in [5.41, 5.74) is 4.44. The Labute approximate surface area is 156 Å². The molecule has 3 aromatic rings. The third-order valence-corrected chi connectivity index (χ3v) is 4.30. The highest BCUT2D eigenvalue weighted by molar-refractivity contribution is 6.30. The van der Waals surface area contributed by atoms with Crippen molar-refractivity contribution in [2.24, 2.45) is 0 Å². The van der Waals surface area contributed by atoms with Gasteiger partial charge in [-0.3, -0.25) is 4.79 Å². The number of carbonyl (C=O) groups excluding carboxylic acids is 1. The van der Waals surface area contributed by atoms with E-state index in [1.54, 1.807) is 35.3 Å². The molecule has 0 aliphatic heterocycles. The van der Waals surface area contributed by atoms with Gasteiger partial charge in [-0.15, -0.1) is 0 Å². The first-order chi connectivity index (χ1) is 12.4. The van der Waals surface area contributed by atoms with Gasteiger partial charge in [-0.05, 0) is 50.1 Å². The number of aryl methyl sites for hydroxylation is 1. The molecule has 0 aliphatic rings. The predicted molar refractivity (Wildman–Crippen MR) is 102 cm³/mol. The predicted octanol–water partition coefficient (Wildman–Crippen LogP) is 3.89.